The molecule has 0 atom stereocenters. The van der Waals surface area contributed by atoms with Gasteiger partial charge in [0.05, 0.1) is 10.5 Å². The van der Waals surface area contributed by atoms with Crippen LogP contribution in [0.25, 0.3) is 0 Å². The Kier molecular flexibility index (Phi) is 10.1. The molecule has 2 aromatic carbocycles. The van der Waals surface area contributed by atoms with Gasteiger partial charge in [-0.3, -0.25) is 9.52 Å². The first-order chi connectivity index (χ1) is 18.7. The van der Waals surface area contributed by atoms with Gasteiger partial charge < -0.3 is 20.2 Å². The molecule has 0 saturated carbocycles. The minimum absolute atomic E-state index is 0.0253. The van der Waals surface area contributed by atoms with E-state index in [0.29, 0.717) is 17.2 Å². The van der Waals surface area contributed by atoms with Crippen LogP contribution in [-0.2, 0) is 14.8 Å². The van der Waals surface area contributed by atoms with Gasteiger partial charge in [-0.05, 0) is 74.1 Å². The van der Waals surface area contributed by atoms with Crippen LogP contribution in [0.15, 0.2) is 41.3 Å². The summed E-state index contributed by atoms with van der Waals surface area (Å²) in [5, 5.41) is 10.5. The average molecular weight is 585 g/mol. The van der Waals surface area contributed by atoms with E-state index in [1.807, 2.05) is 30.9 Å². The topological polar surface area (TPSA) is 119 Å². The van der Waals surface area contributed by atoms with E-state index < -0.39 is 22.2 Å². The highest BCUT2D eigenvalue weighted by Crippen LogP contribution is 2.29. The van der Waals surface area contributed by atoms with Crippen molar-refractivity contribution in [3.8, 4) is 0 Å². The number of carbonyl (C=O) groups excluding carboxylic acids is 1. The Morgan fingerprint density at radius 1 is 0.975 bits per heavy atom. The quantitative estimate of drug-likeness (QED) is 0.486. The number of likely N-dealkylation sites (tertiary alicyclic amines) is 1. The number of piperazine rings is 1. The lowest BCUT2D eigenvalue weighted by Gasteiger charge is -2.34. The lowest BCUT2D eigenvalue weighted by atomic mass is 9.98. The molecule has 0 aliphatic carbocycles. The number of nitrogens with one attached hydrogen (secondary N) is 2. The molecule has 2 heterocycles. The molecule has 0 radical (unpaired) electrons. The number of carboxylic acids is 1. The number of aryl methyl sites for hydroxylation is 2. The second kappa shape index (κ2) is 12.9. The van der Waals surface area contributed by atoms with Gasteiger partial charge in [-0.1, -0.05) is 13.0 Å². The van der Waals surface area contributed by atoms with Crippen LogP contribution in [0.3, 0.4) is 0 Å². The van der Waals surface area contributed by atoms with Gasteiger partial charge in [-0.2, -0.15) is 13.2 Å². The molecule has 3 N–H and O–H groups in total. The number of rotatable bonds is 5. The summed E-state index contributed by atoms with van der Waals surface area (Å²) in [6.07, 6.45) is -3.10. The maximum absolute atomic E-state index is 13.5. The highest BCUT2D eigenvalue weighted by molar-refractivity contribution is 7.92. The van der Waals surface area contributed by atoms with Crippen molar-refractivity contribution in [3.05, 3.63) is 53.1 Å². The number of hydrogen-bond acceptors (Lipinski definition) is 6. The second-order valence-electron chi connectivity index (χ2n) is 10.1. The molecule has 2 aliphatic rings. The fraction of sp³-hybridized carbons (Fsp3) is 0.481. The fourth-order valence-electron chi connectivity index (χ4n) is 4.43. The standard InChI is InChI=1S/C25H34N4O3S.C2HF3O2/c1-18-8-12-29(13-9-18)25(30)23-17-21(5-7-24(23)28-14-10-26-11-15-28)27-33(31,32)22-6-4-19(2)20(3)16-22;3-2(4,5)1(6)7/h4-7,16-18,26-27H,8-15H2,1-3H3;(H,6,7). The lowest BCUT2D eigenvalue weighted by Crippen LogP contribution is -2.45. The number of anilines is 2. The smallest absolute Gasteiger partial charge is 0.475 e. The number of aliphatic carboxylic acids is 1. The molecule has 1 amide bonds. The van der Waals surface area contributed by atoms with Crippen molar-refractivity contribution < 1.29 is 36.3 Å². The van der Waals surface area contributed by atoms with Gasteiger partial charge in [-0.15, -0.1) is 0 Å². The zero-order valence-corrected chi connectivity index (χ0v) is 23.5. The molecule has 220 valence electrons. The minimum Gasteiger partial charge on any atom is -0.475 e. The number of carbonyl (C=O) groups is 2. The zero-order chi connectivity index (χ0) is 29.7. The van der Waals surface area contributed by atoms with E-state index in [1.165, 1.54) is 0 Å². The van der Waals surface area contributed by atoms with Gasteiger partial charge in [-0.25, -0.2) is 13.2 Å². The van der Waals surface area contributed by atoms with Crippen LogP contribution in [0.2, 0.25) is 0 Å². The predicted octanol–water partition coefficient (Wildman–Crippen LogP) is 4.02. The first-order valence-corrected chi connectivity index (χ1v) is 14.5. The van der Waals surface area contributed by atoms with Crippen LogP contribution < -0.4 is 14.9 Å². The van der Waals surface area contributed by atoms with Gasteiger partial charge in [0.2, 0.25) is 0 Å². The van der Waals surface area contributed by atoms with E-state index in [9.17, 15) is 26.4 Å². The third kappa shape index (κ3) is 8.10. The molecular formula is C27H35F3N4O5S. The Morgan fingerprint density at radius 3 is 2.12 bits per heavy atom. The SMILES string of the molecule is Cc1ccc(S(=O)(=O)Nc2ccc(N3CCNCC3)c(C(=O)N3CCC(C)CC3)c2)cc1C.O=C(O)C(F)(F)F. The molecule has 0 spiro atoms. The van der Waals surface area contributed by atoms with Crippen molar-refractivity contribution in [2.45, 2.75) is 44.7 Å². The number of carboxylic acid groups (broad SMARTS) is 1. The highest BCUT2D eigenvalue weighted by atomic mass is 32.2. The summed E-state index contributed by atoms with van der Waals surface area (Å²) in [5.41, 5.74) is 3.79. The van der Waals surface area contributed by atoms with Gasteiger partial charge in [0, 0.05) is 50.6 Å². The van der Waals surface area contributed by atoms with Crippen molar-refractivity contribution in [1.82, 2.24) is 10.2 Å². The van der Waals surface area contributed by atoms with Crippen LogP contribution in [0.4, 0.5) is 24.5 Å². The summed E-state index contributed by atoms with van der Waals surface area (Å²) < 4.78 is 60.5. The summed E-state index contributed by atoms with van der Waals surface area (Å²) in [6, 6.07) is 10.4. The van der Waals surface area contributed by atoms with Crippen LogP contribution >= 0.6 is 0 Å². The van der Waals surface area contributed by atoms with Crippen LogP contribution in [-0.4, -0.2) is 75.7 Å². The molecule has 4 rings (SSSR count). The number of nitrogens with zero attached hydrogens (tertiary/aromatic N) is 2. The van der Waals surface area contributed by atoms with Crippen LogP contribution in [0, 0.1) is 19.8 Å². The maximum atomic E-state index is 13.5. The minimum atomic E-state index is -5.08. The number of piperidine rings is 1. The zero-order valence-electron chi connectivity index (χ0n) is 22.7. The second-order valence-corrected chi connectivity index (χ2v) is 11.8. The summed E-state index contributed by atoms with van der Waals surface area (Å²) in [4.78, 5) is 26.8. The monoisotopic (exact) mass is 584 g/mol. The fourth-order valence-corrected chi connectivity index (χ4v) is 5.56. The Bertz CT molecular complexity index is 1320. The van der Waals surface area contributed by atoms with Crippen molar-refractivity contribution in [3.63, 3.8) is 0 Å². The van der Waals surface area contributed by atoms with Crippen LogP contribution in [0.1, 0.15) is 41.3 Å². The number of halogens is 3. The Labute approximate surface area is 232 Å². The number of hydrogen-bond donors (Lipinski definition) is 3. The molecule has 2 aliphatic heterocycles. The first-order valence-electron chi connectivity index (χ1n) is 13.0. The Balaban J connectivity index is 0.000000559. The largest absolute Gasteiger partial charge is 0.490 e. The maximum Gasteiger partial charge on any atom is 0.490 e. The first kappa shape index (κ1) is 31.2. The normalized spacial score (nSPS) is 16.6. The van der Waals surface area contributed by atoms with Gasteiger partial charge in [0.1, 0.15) is 0 Å². The van der Waals surface area contributed by atoms with E-state index >= 15 is 0 Å². The van der Waals surface area contributed by atoms with Gasteiger partial charge in [0.25, 0.3) is 15.9 Å². The van der Waals surface area contributed by atoms with Crippen molar-refractivity contribution in [2.24, 2.45) is 5.92 Å². The third-order valence-electron chi connectivity index (χ3n) is 7.04. The van der Waals surface area contributed by atoms with E-state index in [4.69, 9.17) is 9.90 Å². The van der Waals surface area contributed by atoms with Gasteiger partial charge >= 0.3 is 12.1 Å². The molecular weight excluding hydrogens is 549 g/mol. The van der Waals surface area contributed by atoms with Crippen molar-refractivity contribution in [1.29, 1.82) is 0 Å². The summed E-state index contributed by atoms with van der Waals surface area (Å²) in [6.45, 7) is 10.9. The summed E-state index contributed by atoms with van der Waals surface area (Å²) in [7, 11) is -3.76. The molecule has 2 fully saturated rings. The van der Waals surface area contributed by atoms with Crippen molar-refractivity contribution >= 4 is 33.3 Å². The van der Waals surface area contributed by atoms with E-state index in [2.05, 4.69) is 21.9 Å². The molecule has 2 aromatic rings. The van der Waals surface area contributed by atoms with E-state index in [0.717, 1.165) is 68.9 Å². The third-order valence-corrected chi connectivity index (χ3v) is 8.42. The molecule has 2 saturated heterocycles. The molecule has 40 heavy (non-hydrogen) atoms. The Morgan fingerprint density at radius 2 is 1.57 bits per heavy atom. The lowest BCUT2D eigenvalue weighted by molar-refractivity contribution is -0.192. The number of amides is 1. The molecule has 0 aromatic heterocycles. The predicted molar refractivity (Wildman–Crippen MR) is 146 cm³/mol. The Hall–Kier alpha value is -3.32. The highest BCUT2D eigenvalue weighted by Gasteiger charge is 2.38. The number of benzene rings is 2. The molecule has 0 unspecified atom stereocenters. The van der Waals surface area contributed by atoms with E-state index in [1.54, 1.807) is 24.3 Å². The number of sulfonamides is 1. The molecule has 0 bridgehead atoms. The van der Waals surface area contributed by atoms with Gasteiger partial charge in [0.15, 0.2) is 0 Å². The van der Waals surface area contributed by atoms with Crippen molar-refractivity contribution in [2.75, 3.05) is 48.9 Å². The van der Waals surface area contributed by atoms with E-state index in [-0.39, 0.29) is 10.8 Å². The molecule has 13 heteroatoms. The van der Waals surface area contributed by atoms with Crippen LogP contribution in [0.5, 0.6) is 0 Å². The summed E-state index contributed by atoms with van der Waals surface area (Å²) >= 11 is 0. The number of alkyl halides is 3. The average Bonchev–Trinajstić information content (AvgIpc) is 2.90. The summed E-state index contributed by atoms with van der Waals surface area (Å²) in [5.74, 6) is -2.16. The molecule has 9 nitrogen and oxygen atoms in total.